The average Bonchev–Trinajstić information content (AvgIpc) is 2.99. The molecule has 0 N–H and O–H groups in total. The Morgan fingerprint density at radius 3 is 1.30 bits per heavy atom. The van der Waals surface area contributed by atoms with E-state index in [4.69, 9.17) is 0 Å². The van der Waals surface area contributed by atoms with Gasteiger partial charge in [0.2, 0.25) is 0 Å². The molecule has 0 atom stereocenters. The van der Waals surface area contributed by atoms with Gasteiger partial charge >= 0.3 is 0 Å². The van der Waals surface area contributed by atoms with Crippen molar-refractivity contribution in [3.8, 4) is 11.1 Å². The molecule has 1 heterocycles. The maximum absolute atomic E-state index is 2.44. The molecule has 0 saturated carbocycles. The van der Waals surface area contributed by atoms with Crippen LogP contribution in [-0.2, 0) is 0 Å². The molecule has 0 aliphatic carbocycles. The average molecular weight is 363 g/mol. The van der Waals surface area contributed by atoms with Crippen LogP contribution in [-0.4, -0.2) is 8.07 Å². The molecule has 1 heteroatoms. The Bertz CT molecular complexity index is 1030. The van der Waals surface area contributed by atoms with Gasteiger partial charge in [-0.15, -0.1) is 0 Å². The van der Waals surface area contributed by atoms with Crippen molar-refractivity contribution < 1.29 is 0 Å². The number of aryl methyl sites for hydroxylation is 2. The third-order valence-electron chi connectivity index (χ3n) is 5.86. The fourth-order valence-corrected chi connectivity index (χ4v) is 10.1. The first-order chi connectivity index (χ1) is 13.2. The monoisotopic (exact) mass is 362 g/mol. The van der Waals surface area contributed by atoms with Crippen molar-refractivity contribution >= 4 is 28.8 Å². The van der Waals surface area contributed by atoms with Crippen molar-refractivity contribution in [1.29, 1.82) is 0 Å². The van der Waals surface area contributed by atoms with E-state index in [1.807, 2.05) is 0 Å². The lowest BCUT2D eigenvalue weighted by molar-refractivity contribution is 1.48. The summed E-state index contributed by atoms with van der Waals surface area (Å²) in [5.41, 5.74) is 5.49. The SMILES string of the molecule is Cc1ccc2c(c1)[Si](c1ccccc1)(c1ccccc1)c1cc(C)ccc1-2. The minimum absolute atomic E-state index is 1.34. The van der Waals surface area contributed by atoms with Gasteiger partial charge in [-0.25, -0.2) is 0 Å². The minimum atomic E-state index is -2.29. The molecule has 0 spiro atoms. The largest absolute Gasteiger partial charge is 0.180 e. The van der Waals surface area contributed by atoms with E-state index in [2.05, 4.69) is 111 Å². The molecule has 27 heavy (non-hydrogen) atoms. The van der Waals surface area contributed by atoms with Crippen LogP contribution in [0.4, 0.5) is 0 Å². The van der Waals surface area contributed by atoms with Crippen LogP contribution in [0.2, 0.25) is 0 Å². The van der Waals surface area contributed by atoms with Gasteiger partial charge < -0.3 is 0 Å². The first-order valence-corrected chi connectivity index (χ1v) is 11.5. The molecule has 0 aromatic heterocycles. The van der Waals surface area contributed by atoms with Crippen molar-refractivity contribution in [2.75, 3.05) is 0 Å². The van der Waals surface area contributed by atoms with Gasteiger partial charge in [-0.1, -0.05) is 108 Å². The minimum Gasteiger partial charge on any atom is -0.0623 e. The smallest absolute Gasteiger partial charge is 0.0623 e. The van der Waals surface area contributed by atoms with E-state index in [0.717, 1.165) is 0 Å². The molecule has 130 valence electrons. The van der Waals surface area contributed by atoms with Crippen LogP contribution in [0, 0.1) is 13.8 Å². The third kappa shape index (κ3) is 2.28. The second-order valence-electron chi connectivity index (χ2n) is 7.58. The maximum Gasteiger partial charge on any atom is 0.180 e. The quantitative estimate of drug-likeness (QED) is 0.421. The Kier molecular flexibility index (Phi) is 3.66. The number of benzene rings is 4. The summed E-state index contributed by atoms with van der Waals surface area (Å²) in [6, 6.07) is 36.4. The standard InChI is InChI=1S/C26H22Si/c1-19-13-15-23-24-16-14-20(2)18-26(24)27(25(23)17-19,21-9-5-3-6-10-21)22-11-7-4-8-12-22/h3-18H,1-2H3. The van der Waals surface area contributed by atoms with E-state index < -0.39 is 8.07 Å². The highest BCUT2D eigenvalue weighted by molar-refractivity contribution is 7.22. The highest BCUT2D eigenvalue weighted by Crippen LogP contribution is 2.29. The van der Waals surface area contributed by atoms with Crippen molar-refractivity contribution in [2.24, 2.45) is 0 Å². The van der Waals surface area contributed by atoms with Crippen molar-refractivity contribution in [2.45, 2.75) is 13.8 Å². The summed E-state index contributed by atoms with van der Waals surface area (Å²) in [5, 5.41) is 5.99. The summed E-state index contributed by atoms with van der Waals surface area (Å²) in [6.07, 6.45) is 0. The van der Waals surface area contributed by atoms with E-state index in [0.29, 0.717) is 0 Å². The van der Waals surface area contributed by atoms with Gasteiger partial charge in [-0.05, 0) is 45.7 Å². The van der Waals surface area contributed by atoms with Crippen molar-refractivity contribution in [1.82, 2.24) is 0 Å². The lowest BCUT2D eigenvalue weighted by Crippen LogP contribution is -2.72. The van der Waals surface area contributed by atoms with Crippen molar-refractivity contribution in [3.05, 3.63) is 108 Å². The molecule has 4 aromatic carbocycles. The molecule has 0 amide bonds. The summed E-state index contributed by atoms with van der Waals surface area (Å²) < 4.78 is 0. The van der Waals surface area contributed by atoms with Gasteiger partial charge in [-0.2, -0.15) is 0 Å². The Morgan fingerprint density at radius 2 is 0.889 bits per heavy atom. The summed E-state index contributed by atoms with van der Waals surface area (Å²) >= 11 is 0. The maximum atomic E-state index is 2.44. The van der Waals surface area contributed by atoms with Crippen LogP contribution < -0.4 is 20.7 Å². The van der Waals surface area contributed by atoms with E-state index >= 15 is 0 Å². The lowest BCUT2D eigenvalue weighted by Gasteiger charge is -2.31. The molecule has 0 unspecified atom stereocenters. The number of rotatable bonds is 2. The predicted octanol–water partition coefficient (Wildman–Crippen LogP) is 3.66. The Hall–Kier alpha value is -2.90. The van der Waals surface area contributed by atoms with Gasteiger partial charge in [0.1, 0.15) is 0 Å². The van der Waals surface area contributed by atoms with Crippen LogP contribution in [0.3, 0.4) is 0 Å². The van der Waals surface area contributed by atoms with Gasteiger partial charge in [-0.3, -0.25) is 0 Å². The predicted molar refractivity (Wildman–Crippen MR) is 119 cm³/mol. The van der Waals surface area contributed by atoms with Gasteiger partial charge in [0, 0.05) is 0 Å². The van der Waals surface area contributed by atoms with Crippen LogP contribution in [0.5, 0.6) is 0 Å². The van der Waals surface area contributed by atoms with Crippen molar-refractivity contribution in [3.63, 3.8) is 0 Å². The summed E-state index contributed by atoms with van der Waals surface area (Å²) in [6.45, 7) is 4.42. The molecule has 5 rings (SSSR count). The van der Waals surface area contributed by atoms with Crippen LogP contribution in [0.1, 0.15) is 11.1 Å². The van der Waals surface area contributed by atoms with E-state index in [1.54, 1.807) is 0 Å². The highest BCUT2D eigenvalue weighted by Gasteiger charge is 2.48. The molecule has 0 radical (unpaired) electrons. The van der Waals surface area contributed by atoms with Crippen LogP contribution >= 0.6 is 0 Å². The van der Waals surface area contributed by atoms with E-state index in [1.165, 1.54) is 43.0 Å². The van der Waals surface area contributed by atoms with Crippen LogP contribution in [0.25, 0.3) is 11.1 Å². The van der Waals surface area contributed by atoms with E-state index in [-0.39, 0.29) is 0 Å². The first kappa shape index (κ1) is 16.3. The number of hydrogen-bond donors (Lipinski definition) is 0. The Morgan fingerprint density at radius 1 is 0.481 bits per heavy atom. The van der Waals surface area contributed by atoms with Crippen LogP contribution in [0.15, 0.2) is 97.1 Å². The molecule has 0 fully saturated rings. The molecule has 1 aliphatic rings. The fraction of sp³-hybridized carbons (Fsp3) is 0.0769. The molecular weight excluding hydrogens is 340 g/mol. The van der Waals surface area contributed by atoms with E-state index in [9.17, 15) is 0 Å². The number of hydrogen-bond acceptors (Lipinski definition) is 0. The summed E-state index contributed by atoms with van der Waals surface area (Å²) in [4.78, 5) is 0. The summed E-state index contributed by atoms with van der Waals surface area (Å²) in [5.74, 6) is 0. The number of fused-ring (bicyclic) bond motifs is 3. The zero-order valence-electron chi connectivity index (χ0n) is 15.7. The highest BCUT2D eigenvalue weighted by atomic mass is 28.3. The molecule has 0 nitrogen and oxygen atoms in total. The molecule has 1 aliphatic heterocycles. The zero-order chi connectivity index (χ0) is 18.4. The molecule has 4 aromatic rings. The Balaban J connectivity index is 2.00. The van der Waals surface area contributed by atoms with Gasteiger partial charge in [0.05, 0.1) is 0 Å². The van der Waals surface area contributed by atoms with Gasteiger partial charge in [0.15, 0.2) is 8.07 Å². The molecular formula is C26H22Si. The molecule has 0 saturated heterocycles. The topological polar surface area (TPSA) is 0 Å². The molecule has 0 bridgehead atoms. The normalized spacial score (nSPS) is 13.9. The summed E-state index contributed by atoms with van der Waals surface area (Å²) in [7, 11) is -2.29. The second-order valence-corrected chi connectivity index (χ2v) is 11.3. The third-order valence-corrected chi connectivity index (χ3v) is 10.7. The first-order valence-electron chi connectivity index (χ1n) is 9.55. The Labute approximate surface area is 162 Å². The zero-order valence-corrected chi connectivity index (χ0v) is 16.7. The van der Waals surface area contributed by atoms with Gasteiger partial charge in [0.25, 0.3) is 0 Å². The fourth-order valence-electron chi connectivity index (χ4n) is 4.72. The second kappa shape index (κ2) is 6.07. The lowest BCUT2D eigenvalue weighted by atomic mass is 10.0.